The van der Waals surface area contributed by atoms with Crippen LogP contribution in [-0.4, -0.2) is 5.97 Å². The first-order chi connectivity index (χ1) is 11.0. The predicted molar refractivity (Wildman–Crippen MR) is 90.8 cm³/mol. The zero-order valence-corrected chi connectivity index (χ0v) is 14.1. The van der Waals surface area contributed by atoms with Crippen molar-refractivity contribution in [2.75, 3.05) is 0 Å². The van der Waals surface area contributed by atoms with Crippen LogP contribution in [0.4, 0.5) is 0 Å². The largest absolute Gasteiger partial charge is 0.457 e. The zero-order chi connectivity index (χ0) is 16.4. The first-order valence-corrected chi connectivity index (χ1v) is 7.85. The van der Waals surface area contributed by atoms with Crippen LogP contribution in [0.1, 0.15) is 15.9 Å². The van der Waals surface area contributed by atoms with Crippen molar-refractivity contribution >= 4 is 44.5 Å². The average Bonchev–Trinajstić information content (AvgIpc) is 2.51. The van der Waals surface area contributed by atoms with E-state index in [1.54, 1.807) is 30.3 Å². The lowest BCUT2D eigenvalue weighted by atomic mass is 10.1. The topological polar surface area (TPSA) is 56.5 Å². The summed E-state index contributed by atoms with van der Waals surface area (Å²) < 4.78 is 11.2. The van der Waals surface area contributed by atoms with Crippen LogP contribution >= 0.6 is 27.5 Å². The van der Waals surface area contributed by atoms with Gasteiger partial charge in [-0.1, -0.05) is 33.6 Å². The molecule has 0 aliphatic carbocycles. The molecule has 0 saturated heterocycles. The molecule has 4 nitrogen and oxygen atoms in total. The Kier molecular flexibility index (Phi) is 4.50. The Morgan fingerprint density at radius 1 is 1.17 bits per heavy atom. The molecular formula is C17H10BrClO4. The molecule has 23 heavy (non-hydrogen) atoms. The summed E-state index contributed by atoms with van der Waals surface area (Å²) in [6.45, 7) is -0.0327. The van der Waals surface area contributed by atoms with E-state index in [1.165, 1.54) is 12.1 Å². The Hall–Kier alpha value is -2.11. The van der Waals surface area contributed by atoms with Crippen molar-refractivity contribution in [2.24, 2.45) is 0 Å². The number of carbonyl (C=O) groups excluding carboxylic acids is 1. The van der Waals surface area contributed by atoms with E-state index in [2.05, 4.69) is 15.9 Å². The second kappa shape index (κ2) is 6.56. The monoisotopic (exact) mass is 392 g/mol. The van der Waals surface area contributed by atoms with Crippen molar-refractivity contribution in [3.05, 3.63) is 79.6 Å². The lowest BCUT2D eigenvalue weighted by Gasteiger charge is -2.07. The minimum Gasteiger partial charge on any atom is -0.457 e. The van der Waals surface area contributed by atoms with Gasteiger partial charge in [-0.25, -0.2) is 9.59 Å². The summed E-state index contributed by atoms with van der Waals surface area (Å²) in [6, 6.07) is 13.1. The smallest absolute Gasteiger partial charge is 0.338 e. The van der Waals surface area contributed by atoms with Gasteiger partial charge in [0.25, 0.3) is 0 Å². The van der Waals surface area contributed by atoms with Crippen LogP contribution in [0.2, 0.25) is 5.02 Å². The Morgan fingerprint density at radius 2 is 2.00 bits per heavy atom. The number of benzene rings is 2. The van der Waals surface area contributed by atoms with Crippen LogP contribution in [0.15, 0.2) is 62.2 Å². The molecule has 0 aliphatic rings. The number of hydrogen-bond acceptors (Lipinski definition) is 4. The normalized spacial score (nSPS) is 10.7. The number of ether oxygens (including phenoxy) is 1. The number of fused-ring (bicyclic) bond motifs is 1. The van der Waals surface area contributed by atoms with E-state index in [0.29, 0.717) is 27.1 Å². The minimum atomic E-state index is -0.508. The second-order valence-corrected chi connectivity index (χ2v) is 6.17. The molecule has 0 bridgehead atoms. The third kappa shape index (κ3) is 3.63. The Balaban J connectivity index is 1.87. The summed E-state index contributed by atoms with van der Waals surface area (Å²) in [7, 11) is 0. The van der Waals surface area contributed by atoms with Gasteiger partial charge in [0.05, 0.1) is 5.56 Å². The zero-order valence-electron chi connectivity index (χ0n) is 11.7. The summed E-state index contributed by atoms with van der Waals surface area (Å²) in [5, 5.41) is 1.17. The average molecular weight is 394 g/mol. The minimum absolute atomic E-state index is 0.0327. The van der Waals surface area contributed by atoms with Gasteiger partial charge in [-0.3, -0.25) is 0 Å². The molecule has 0 atom stereocenters. The highest BCUT2D eigenvalue weighted by atomic mass is 79.9. The van der Waals surface area contributed by atoms with Crippen LogP contribution in [0.5, 0.6) is 0 Å². The Morgan fingerprint density at radius 3 is 2.78 bits per heavy atom. The third-order valence-corrected chi connectivity index (χ3v) is 3.94. The van der Waals surface area contributed by atoms with Gasteiger partial charge in [0.1, 0.15) is 12.2 Å². The van der Waals surface area contributed by atoms with Crippen molar-refractivity contribution < 1.29 is 13.9 Å². The molecule has 1 aromatic heterocycles. The van der Waals surface area contributed by atoms with Crippen LogP contribution < -0.4 is 5.63 Å². The fourth-order valence-corrected chi connectivity index (χ4v) is 2.70. The molecule has 0 aliphatic heterocycles. The molecule has 0 fully saturated rings. The number of halogens is 2. The summed E-state index contributed by atoms with van der Waals surface area (Å²) in [4.78, 5) is 23.7. The first kappa shape index (κ1) is 15.8. The lowest BCUT2D eigenvalue weighted by Crippen LogP contribution is -2.08. The van der Waals surface area contributed by atoms with Crippen molar-refractivity contribution in [1.29, 1.82) is 0 Å². The summed E-state index contributed by atoms with van der Waals surface area (Å²) in [6.07, 6.45) is 0. The third-order valence-electron chi connectivity index (χ3n) is 3.21. The fraction of sp³-hybridized carbons (Fsp3) is 0.0588. The van der Waals surface area contributed by atoms with Gasteiger partial charge >= 0.3 is 11.6 Å². The first-order valence-electron chi connectivity index (χ1n) is 6.68. The van der Waals surface area contributed by atoms with E-state index in [-0.39, 0.29) is 6.61 Å². The summed E-state index contributed by atoms with van der Waals surface area (Å²) in [5.74, 6) is -0.508. The molecule has 0 amide bonds. The Bertz CT molecular complexity index is 949. The molecule has 1 heterocycles. The van der Waals surface area contributed by atoms with Crippen molar-refractivity contribution in [3.63, 3.8) is 0 Å². The van der Waals surface area contributed by atoms with Crippen LogP contribution in [0, 0.1) is 0 Å². The van der Waals surface area contributed by atoms with E-state index < -0.39 is 11.6 Å². The van der Waals surface area contributed by atoms with E-state index >= 15 is 0 Å². The van der Waals surface area contributed by atoms with E-state index in [4.69, 9.17) is 20.8 Å². The molecule has 0 N–H and O–H groups in total. The SMILES string of the molecule is O=C(OCc1cc(=O)oc2cc(Br)ccc12)c1cccc(Cl)c1. The van der Waals surface area contributed by atoms with Gasteiger partial charge in [0, 0.05) is 26.5 Å². The number of esters is 1. The molecule has 0 spiro atoms. The van der Waals surface area contributed by atoms with Gasteiger partial charge < -0.3 is 9.15 Å². The quantitative estimate of drug-likeness (QED) is 0.483. The van der Waals surface area contributed by atoms with E-state index in [9.17, 15) is 9.59 Å². The Labute approximate surface area is 144 Å². The van der Waals surface area contributed by atoms with Crippen molar-refractivity contribution in [1.82, 2.24) is 0 Å². The summed E-state index contributed by atoms with van der Waals surface area (Å²) >= 11 is 9.18. The molecule has 0 radical (unpaired) electrons. The number of hydrogen-bond donors (Lipinski definition) is 0. The van der Waals surface area contributed by atoms with Crippen LogP contribution in [0.25, 0.3) is 11.0 Å². The van der Waals surface area contributed by atoms with Crippen LogP contribution in [-0.2, 0) is 11.3 Å². The molecule has 116 valence electrons. The highest BCUT2D eigenvalue weighted by molar-refractivity contribution is 9.10. The lowest BCUT2D eigenvalue weighted by molar-refractivity contribution is 0.0474. The number of carbonyl (C=O) groups is 1. The van der Waals surface area contributed by atoms with Gasteiger partial charge in [-0.2, -0.15) is 0 Å². The fourth-order valence-electron chi connectivity index (χ4n) is 2.17. The molecule has 2 aromatic carbocycles. The van der Waals surface area contributed by atoms with Gasteiger partial charge in [-0.05, 0) is 36.4 Å². The molecule has 6 heteroatoms. The molecule has 0 unspecified atom stereocenters. The predicted octanol–water partition coefficient (Wildman–Crippen LogP) is 4.57. The highest BCUT2D eigenvalue weighted by Crippen LogP contribution is 2.22. The molecule has 0 saturated carbocycles. The van der Waals surface area contributed by atoms with Gasteiger partial charge in [0.2, 0.25) is 0 Å². The molecular weight excluding hydrogens is 384 g/mol. The molecule has 3 aromatic rings. The van der Waals surface area contributed by atoms with Crippen molar-refractivity contribution in [2.45, 2.75) is 6.61 Å². The second-order valence-electron chi connectivity index (χ2n) is 4.82. The highest BCUT2D eigenvalue weighted by Gasteiger charge is 2.11. The number of rotatable bonds is 3. The summed E-state index contributed by atoms with van der Waals surface area (Å²) in [5.41, 5.74) is 0.872. The maximum absolute atomic E-state index is 12.1. The van der Waals surface area contributed by atoms with Gasteiger partial charge in [-0.15, -0.1) is 0 Å². The molecule has 3 rings (SSSR count). The standard InChI is InChI=1S/C17H10BrClO4/c18-12-4-5-14-11(7-16(20)23-15(14)8-12)9-22-17(21)10-2-1-3-13(19)6-10/h1-8H,9H2. The van der Waals surface area contributed by atoms with E-state index in [1.807, 2.05) is 6.07 Å². The van der Waals surface area contributed by atoms with Crippen LogP contribution in [0.3, 0.4) is 0 Å². The maximum Gasteiger partial charge on any atom is 0.338 e. The van der Waals surface area contributed by atoms with Crippen molar-refractivity contribution in [3.8, 4) is 0 Å². The van der Waals surface area contributed by atoms with Gasteiger partial charge in [0.15, 0.2) is 0 Å². The maximum atomic E-state index is 12.1. The van der Waals surface area contributed by atoms with E-state index in [0.717, 1.165) is 4.47 Å².